The van der Waals surface area contributed by atoms with Crippen molar-refractivity contribution in [1.82, 2.24) is 10.2 Å². The van der Waals surface area contributed by atoms with Gasteiger partial charge in [-0.25, -0.2) is 0 Å². The highest BCUT2D eigenvalue weighted by Crippen LogP contribution is 2.33. The Morgan fingerprint density at radius 2 is 2.28 bits per heavy atom. The molecule has 1 aromatic carbocycles. The number of aromatic nitrogens is 2. The van der Waals surface area contributed by atoms with Crippen molar-refractivity contribution >= 4 is 23.4 Å². The van der Waals surface area contributed by atoms with Gasteiger partial charge >= 0.3 is 0 Å². The quantitative estimate of drug-likeness (QED) is 0.680. The predicted octanol–water partition coefficient (Wildman–Crippen LogP) is 2.10. The van der Waals surface area contributed by atoms with E-state index in [0.29, 0.717) is 11.3 Å². The molecule has 0 aliphatic carbocycles. The second-order valence-corrected chi connectivity index (χ2v) is 3.76. The molecule has 1 aliphatic heterocycles. The van der Waals surface area contributed by atoms with E-state index in [-0.39, 0.29) is 0 Å². The van der Waals surface area contributed by atoms with E-state index in [2.05, 4.69) is 26.6 Å². The molecule has 0 unspecified atom stereocenters. The van der Waals surface area contributed by atoms with E-state index in [1.165, 1.54) is 7.11 Å². The Balaban J connectivity index is 2.17. The van der Waals surface area contributed by atoms with Crippen LogP contribution in [0, 0.1) is 11.3 Å². The highest BCUT2D eigenvalue weighted by atomic mass is 16.5. The number of methoxy groups -OCH3 is 1. The zero-order chi connectivity index (χ0) is 12.5. The summed E-state index contributed by atoms with van der Waals surface area (Å²) in [4.78, 5) is 4.29. The van der Waals surface area contributed by atoms with Crippen LogP contribution >= 0.6 is 0 Å². The van der Waals surface area contributed by atoms with Crippen LogP contribution in [0.1, 0.15) is 11.1 Å². The Bertz CT molecular complexity index is 680. The lowest BCUT2D eigenvalue weighted by atomic mass is 10.1. The Kier molecular flexibility index (Phi) is 2.24. The number of nitrogens with one attached hydrogen (secondary N) is 2. The summed E-state index contributed by atoms with van der Waals surface area (Å²) < 4.78 is 5.18. The molecule has 2 N–H and O–H groups in total. The monoisotopic (exact) mass is 239 g/mol. The van der Waals surface area contributed by atoms with E-state index in [9.17, 15) is 0 Å². The topological polar surface area (TPSA) is 86.1 Å². The second-order valence-electron chi connectivity index (χ2n) is 3.76. The standard InChI is InChI=1S/C12H9N5O/c1-18-11-3-9-8(2-7(11)4-13)5-14-10-6-15-17-12(10)16-9/h2-3,5-6H,1H3,(H2,15,16,17). The summed E-state index contributed by atoms with van der Waals surface area (Å²) in [5.74, 6) is 1.25. The molecule has 6 nitrogen and oxygen atoms in total. The Morgan fingerprint density at radius 1 is 1.39 bits per heavy atom. The van der Waals surface area contributed by atoms with Crippen LogP contribution in [0.4, 0.5) is 17.2 Å². The Morgan fingerprint density at radius 3 is 3.06 bits per heavy atom. The lowest BCUT2D eigenvalue weighted by molar-refractivity contribution is 0.413. The third kappa shape index (κ3) is 1.50. The Labute approximate surface area is 103 Å². The first kappa shape index (κ1) is 10.4. The summed E-state index contributed by atoms with van der Waals surface area (Å²) >= 11 is 0. The van der Waals surface area contributed by atoms with Gasteiger partial charge in [-0.2, -0.15) is 10.4 Å². The molecule has 3 rings (SSSR count). The van der Waals surface area contributed by atoms with Crippen LogP contribution in [-0.4, -0.2) is 23.5 Å². The van der Waals surface area contributed by atoms with Crippen LogP contribution in [0.3, 0.4) is 0 Å². The number of rotatable bonds is 1. The fraction of sp³-hybridized carbons (Fsp3) is 0.0833. The Hall–Kier alpha value is -2.81. The number of ether oxygens (including phenoxy) is 1. The first-order chi connectivity index (χ1) is 8.81. The van der Waals surface area contributed by atoms with Crippen LogP contribution < -0.4 is 10.1 Å². The molecule has 18 heavy (non-hydrogen) atoms. The summed E-state index contributed by atoms with van der Waals surface area (Å²) in [6, 6.07) is 5.61. The summed E-state index contributed by atoms with van der Waals surface area (Å²) in [6.45, 7) is 0. The molecule has 6 heteroatoms. The van der Waals surface area contributed by atoms with E-state index >= 15 is 0 Å². The van der Waals surface area contributed by atoms with Gasteiger partial charge in [0, 0.05) is 17.8 Å². The number of benzene rings is 1. The van der Waals surface area contributed by atoms with E-state index in [1.54, 1.807) is 24.5 Å². The largest absolute Gasteiger partial charge is 0.495 e. The minimum Gasteiger partial charge on any atom is -0.495 e. The lowest BCUT2D eigenvalue weighted by Gasteiger charge is -2.09. The lowest BCUT2D eigenvalue weighted by Crippen LogP contribution is -1.97. The molecule has 0 saturated heterocycles. The van der Waals surface area contributed by atoms with Gasteiger partial charge in [0.25, 0.3) is 0 Å². The molecule has 2 aromatic rings. The summed E-state index contributed by atoms with van der Waals surface area (Å²) in [7, 11) is 1.54. The average Bonchev–Trinajstić information content (AvgIpc) is 2.77. The minimum absolute atomic E-state index is 0.480. The van der Waals surface area contributed by atoms with Crippen molar-refractivity contribution in [3.8, 4) is 11.8 Å². The first-order valence-corrected chi connectivity index (χ1v) is 5.28. The summed E-state index contributed by atoms with van der Waals surface area (Å²) in [5.41, 5.74) is 2.85. The molecule has 0 atom stereocenters. The molecule has 1 aromatic heterocycles. The van der Waals surface area contributed by atoms with Crippen molar-refractivity contribution in [2.45, 2.75) is 0 Å². The van der Waals surface area contributed by atoms with Crippen molar-refractivity contribution in [3.63, 3.8) is 0 Å². The highest BCUT2D eigenvalue weighted by Gasteiger charge is 2.14. The third-order valence-corrected chi connectivity index (χ3v) is 2.71. The molecule has 0 radical (unpaired) electrons. The van der Waals surface area contributed by atoms with E-state index in [4.69, 9.17) is 10.00 Å². The van der Waals surface area contributed by atoms with Crippen molar-refractivity contribution < 1.29 is 4.74 Å². The van der Waals surface area contributed by atoms with E-state index in [0.717, 1.165) is 22.8 Å². The SMILES string of the molecule is COc1cc2c(cc1C#N)C=Nc1cn[nH]c1N2. The van der Waals surface area contributed by atoms with Gasteiger partial charge in [0.2, 0.25) is 0 Å². The molecular weight excluding hydrogens is 230 g/mol. The van der Waals surface area contributed by atoms with Gasteiger partial charge in [-0.05, 0) is 6.07 Å². The van der Waals surface area contributed by atoms with Gasteiger partial charge in [-0.3, -0.25) is 10.1 Å². The van der Waals surface area contributed by atoms with Crippen molar-refractivity contribution in [2.24, 2.45) is 4.99 Å². The van der Waals surface area contributed by atoms with Crippen LogP contribution in [-0.2, 0) is 0 Å². The zero-order valence-electron chi connectivity index (χ0n) is 9.56. The van der Waals surface area contributed by atoms with Gasteiger partial charge in [-0.15, -0.1) is 0 Å². The average molecular weight is 239 g/mol. The van der Waals surface area contributed by atoms with Gasteiger partial charge in [0.05, 0.1) is 24.6 Å². The third-order valence-electron chi connectivity index (χ3n) is 2.71. The molecule has 88 valence electrons. The number of aliphatic imine (C=N–C) groups is 1. The fourth-order valence-electron chi connectivity index (χ4n) is 1.81. The smallest absolute Gasteiger partial charge is 0.152 e. The number of aromatic amines is 1. The number of anilines is 2. The molecule has 0 amide bonds. The minimum atomic E-state index is 0.480. The van der Waals surface area contributed by atoms with Crippen molar-refractivity contribution in [1.29, 1.82) is 5.26 Å². The number of hydrogen-bond acceptors (Lipinski definition) is 5. The van der Waals surface area contributed by atoms with Crippen LogP contribution in [0.25, 0.3) is 0 Å². The molecule has 0 fully saturated rings. The molecule has 2 heterocycles. The molecule has 0 spiro atoms. The van der Waals surface area contributed by atoms with Crippen molar-refractivity contribution in [3.05, 3.63) is 29.5 Å². The van der Waals surface area contributed by atoms with Gasteiger partial charge in [-0.1, -0.05) is 0 Å². The molecule has 1 aliphatic rings. The number of nitriles is 1. The maximum atomic E-state index is 9.04. The van der Waals surface area contributed by atoms with Crippen LogP contribution in [0.15, 0.2) is 23.3 Å². The van der Waals surface area contributed by atoms with Gasteiger partial charge in [0.15, 0.2) is 5.82 Å². The maximum Gasteiger partial charge on any atom is 0.152 e. The fourth-order valence-corrected chi connectivity index (χ4v) is 1.81. The summed E-state index contributed by atoms with van der Waals surface area (Å²) in [5, 5.41) is 19.0. The number of H-pyrrole nitrogens is 1. The van der Waals surface area contributed by atoms with E-state index in [1.807, 2.05) is 0 Å². The summed E-state index contributed by atoms with van der Waals surface area (Å²) in [6.07, 6.45) is 3.33. The molecular formula is C12H9N5O. The number of nitrogens with zero attached hydrogens (tertiary/aromatic N) is 3. The predicted molar refractivity (Wildman–Crippen MR) is 66.8 cm³/mol. The number of fused-ring (bicyclic) bond motifs is 2. The first-order valence-electron chi connectivity index (χ1n) is 5.28. The molecule has 0 bridgehead atoms. The van der Waals surface area contributed by atoms with Gasteiger partial charge in [0.1, 0.15) is 17.5 Å². The number of hydrogen-bond donors (Lipinski definition) is 2. The zero-order valence-corrected chi connectivity index (χ0v) is 9.56. The second kappa shape index (κ2) is 3.89. The van der Waals surface area contributed by atoms with E-state index < -0.39 is 0 Å². The highest BCUT2D eigenvalue weighted by molar-refractivity contribution is 5.95. The normalized spacial score (nSPS) is 11.8. The van der Waals surface area contributed by atoms with Crippen LogP contribution in [0.2, 0.25) is 0 Å². The maximum absolute atomic E-state index is 9.04. The molecule has 0 saturated carbocycles. The van der Waals surface area contributed by atoms with Crippen molar-refractivity contribution in [2.75, 3.05) is 12.4 Å². The van der Waals surface area contributed by atoms with Gasteiger partial charge < -0.3 is 10.1 Å². The van der Waals surface area contributed by atoms with Crippen LogP contribution in [0.5, 0.6) is 5.75 Å².